The van der Waals surface area contributed by atoms with E-state index >= 15 is 0 Å². The number of carbonyl (C=O) groups excluding carboxylic acids is 1. The molecule has 0 atom stereocenters. The van der Waals surface area contributed by atoms with Crippen LogP contribution in [0.25, 0.3) is 0 Å². The van der Waals surface area contributed by atoms with Gasteiger partial charge in [0.2, 0.25) is 0 Å². The van der Waals surface area contributed by atoms with E-state index in [1.165, 1.54) is 0 Å². The second-order valence-electron chi connectivity index (χ2n) is 1.83. The zero-order chi connectivity index (χ0) is 9.56. The topological polar surface area (TPSA) is 38.7 Å². The van der Waals surface area contributed by atoms with Crippen LogP contribution in [0.5, 0.6) is 0 Å². The predicted octanol–water partition coefficient (Wildman–Crippen LogP) is 2.34. The zero-order valence-corrected chi connectivity index (χ0v) is 8.66. The van der Waals surface area contributed by atoms with Gasteiger partial charge >= 0.3 is 5.97 Å². The number of carbonyl (C=O) groups is 1. The standard InChI is InChI=1S/C6H8Cl3NO2/c1-2-5(11)12-10-4(3-7)6(8)9/h6H,2-3H2,1H3. The summed E-state index contributed by atoms with van der Waals surface area (Å²) in [7, 11) is 0. The Morgan fingerprint density at radius 3 is 2.50 bits per heavy atom. The van der Waals surface area contributed by atoms with Crippen LogP contribution in [0.3, 0.4) is 0 Å². The third kappa shape index (κ3) is 4.80. The van der Waals surface area contributed by atoms with Crippen LogP contribution in [0.4, 0.5) is 0 Å². The molecule has 0 rings (SSSR count). The molecule has 0 unspecified atom stereocenters. The number of hydrogen-bond donors (Lipinski definition) is 0. The second kappa shape index (κ2) is 6.52. The van der Waals surface area contributed by atoms with Gasteiger partial charge in [-0.3, -0.25) is 0 Å². The number of oxime groups is 1. The highest BCUT2D eigenvalue weighted by molar-refractivity contribution is 6.56. The lowest BCUT2D eigenvalue weighted by Crippen LogP contribution is -2.12. The van der Waals surface area contributed by atoms with Gasteiger partial charge in [-0.2, -0.15) is 0 Å². The summed E-state index contributed by atoms with van der Waals surface area (Å²) in [6.45, 7) is 1.65. The third-order valence-electron chi connectivity index (χ3n) is 0.942. The first-order chi connectivity index (χ1) is 5.61. The molecule has 70 valence electrons. The SMILES string of the molecule is CCC(=O)ON=C(CCl)C(Cl)Cl. The van der Waals surface area contributed by atoms with Crippen LogP contribution in [0.15, 0.2) is 5.16 Å². The van der Waals surface area contributed by atoms with Crippen molar-refractivity contribution in [2.45, 2.75) is 18.2 Å². The molecule has 0 saturated heterocycles. The zero-order valence-electron chi connectivity index (χ0n) is 6.39. The van der Waals surface area contributed by atoms with Gasteiger partial charge in [0.1, 0.15) is 10.5 Å². The van der Waals surface area contributed by atoms with Gasteiger partial charge in [0.15, 0.2) is 0 Å². The average molecular weight is 232 g/mol. The van der Waals surface area contributed by atoms with Gasteiger partial charge in [0.25, 0.3) is 0 Å². The molecule has 0 bridgehead atoms. The number of hydrogen-bond acceptors (Lipinski definition) is 3. The quantitative estimate of drug-likeness (QED) is 0.323. The highest BCUT2D eigenvalue weighted by atomic mass is 35.5. The molecule has 0 spiro atoms. The molecule has 12 heavy (non-hydrogen) atoms. The summed E-state index contributed by atoms with van der Waals surface area (Å²) in [6, 6.07) is 0. The highest BCUT2D eigenvalue weighted by Gasteiger charge is 2.09. The number of nitrogens with zero attached hydrogens (tertiary/aromatic N) is 1. The number of halogens is 3. The molecule has 0 aliphatic heterocycles. The molecule has 0 radical (unpaired) electrons. The summed E-state index contributed by atoms with van der Waals surface area (Å²) >= 11 is 16.3. The molecule has 0 heterocycles. The molecule has 6 heteroatoms. The van der Waals surface area contributed by atoms with E-state index in [-0.39, 0.29) is 18.0 Å². The van der Waals surface area contributed by atoms with Crippen molar-refractivity contribution in [3.8, 4) is 0 Å². The van der Waals surface area contributed by atoms with Gasteiger partial charge in [-0.15, -0.1) is 11.6 Å². The molecule has 0 aromatic heterocycles. The van der Waals surface area contributed by atoms with E-state index in [4.69, 9.17) is 34.8 Å². The highest BCUT2D eigenvalue weighted by Crippen LogP contribution is 2.06. The minimum Gasteiger partial charge on any atom is -0.318 e. The maximum Gasteiger partial charge on any atom is 0.334 e. The van der Waals surface area contributed by atoms with Crippen molar-refractivity contribution in [3.63, 3.8) is 0 Å². The lowest BCUT2D eigenvalue weighted by Gasteiger charge is -2.00. The first-order valence-electron chi connectivity index (χ1n) is 3.22. The van der Waals surface area contributed by atoms with E-state index in [0.717, 1.165) is 0 Å². The number of alkyl halides is 3. The van der Waals surface area contributed by atoms with Crippen LogP contribution in [-0.4, -0.2) is 22.4 Å². The monoisotopic (exact) mass is 231 g/mol. The maximum atomic E-state index is 10.6. The van der Waals surface area contributed by atoms with Gasteiger partial charge in [-0.1, -0.05) is 35.3 Å². The van der Waals surface area contributed by atoms with Crippen molar-refractivity contribution in [1.82, 2.24) is 0 Å². The second-order valence-corrected chi connectivity index (χ2v) is 3.20. The predicted molar refractivity (Wildman–Crippen MR) is 50.0 cm³/mol. The van der Waals surface area contributed by atoms with Crippen molar-refractivity contribution in [1.29, 1.82) is 0 Å². The Kier molecular flexibility index (Phi) is 6.52. The van der Waals surface area contributed by atoms with Crippen LogP contribution < -0.4 is 0 Å². The van der Waals surface area contributed by atoms with Gasteiger partial charge < -0.3 is 4.84 Å². The van der Waals surface area contributed by atoms with Gasteiger partial charge in [0.05, 0.1) is 5.88 Å². The smallest absolute Gasteiger partial charge is 0.318 e. The lowest BCUT2D eigenvalue weighted by molar-refractivity contribution is -0.143. The maximum absolute atomic E-state index is 10.6. The van der Waals surface area contributed by atoms with Crippen molar-refractivity contribution in [2.75, 3.05) is 5.88 Å². The third-order valence-corrected chi connectivity index (χ3v) is 1.72. The Bertz CT molecular complexity index is 182. The Hall–Kier alpha value is 0.01000. The summed E-state index contributed by atoms with van der Waals surface area (Å²) in [5.41, 5.74) is 0.224. The van der Waals surface area contributed by atoms with Crippen molar-refractivity contribution in [2.24, 2.45) is 5.16 Å². The van der Waals surface area contributed by atoms with E-state index < -0.39 is 10.8 Å². The normalized spacial score (nSPS) is 11.9. The summed E-state index contributed by atoms with van der Waals surface area (Å²) in [5.74, 6) is -0.416. The van der Waals surface area contributed by atoms with Crippen molar-refractivity contribution in [3.05, 3.63) is 0 Å². The van der Waals surface area contributed by atoms with Gasteiger partial charge in [-0.25, -0.2) is 4.79 Å². The Balaban J connectivity index is 4.03. The Labute approximate surface area is 85.6 Å². The first kappa shape index (κ1) is 12.0. The van der Waals surface area contributed by atoms with E-state index in [1.807, 2.05) is 0 Å². The summed E-state index contributed by atoms with van der Waals surface area (Å²) in [5, 5.41) is 3.38. The number of rotatable bonds is 4. The molecule has 0 aromatic rings. The molecular weight excluding hydrogens is 224 g/mol. The first-order valence-corrected chi connectivity index (χ1v) is 4.63. The molecule has 0 aliphatic carbocycles. The lowest BCUT2D eigenvalue weighted by atomic mass is 10.5. The van der Waals surface area contributed by atoms with Gasteiger partial charge in [0, 0.05) is 6.42 Å². The van der Waals surface area contributed by atoms with E-state index in [1.54, 1.807) is 6.92 Å². The Morgan fingerprint density at radius 2 is 2.17 bits per heavy atom. The average Bonchev–Trinajstić information content (AvgIpc) is 2.04. The molecule has 0 fully saturated rings. The largest absolute Gasteiger partial charge is 0.334 e. The molecule has 0 aliphatic rings. The summed E-state index contributed by atoms with van der Waals surface area (Å²) in [6.07, 6.45) is 0.244. The minimum absolute atomic E-state index is 0.0364. The summed E-state index contributed by atoms with van der Waals surface area (Å²) in [4.78, 5) is 14.2. The van der Waals surface area contributed by atoms with Crippen LogP contribution in [0.1, 0.15) is 13.3 Å². The Morgan fingerprint density at radius 1 is 1.58 bits per heavy atom. The van der Waals surface area contributed by atoms with Crippen molar-refractivity contribution >= 4 is 46.5 Å². The van der Waals surface area contributed by atoms with Crippen LogP contribution in [-0.2, 0) is 9.63 Å². The van der Waals surface area contributed by atoms with Crippen molar-refractivity contribution < 1.29 is 9.63 Å². The molecular formula is C6H8Cl3NO2. The fourth-order valence-corrected chi connectivity index (χ4v) is 0.892. The molecule has 0 N–H and O–H groups in total. The summed E-state index contributed by atoms with van der Waals surface area (Å²) < 4.78 is 0. The van der Waals surface area contributed by atoms with Crippen LogP contribution in [0, 0.1) is 0 Å². The molecule has 0 amide bonds. The van der Waals surface area contributed by atoms with Crippen LogP contribution in [0.2, 0.25) is 0 Å². The van der Waals surface area contributed by atoms with E-state index in [9.17, 15) is 4.79 Å². The van der Waals surface area contributed by atoms with Crippen LogP contribution >= 0.6 is 34.8 Å². The van der Waals surface area contributed by atoms with E-state index in [2.05, 4.69) is 9.99 Å². The molecule has 3 nitrogen and oxygen atoms in total. The minimum atomic E-state index is -0.841. The van der Waals surface area contributed by atoms with E-state index in [0.29, 0.717) is 0 Å². The molecule has 0 aromatic carbocycles. The molecule has 0 saturated carbocycles. The van der Waals surface area contributed by atoms with Gasteiger partial charge in [-0.05, 0) is 0 Å². The fraction of sp³-hybridized carbons (Fsp3) is 0.667. The fourth-order valence-electron chi connectivity index (χ4n) is 0.297.